The molecule has 5 aromatic rings. The van der Waals surface area contributed by atoms with E-state index in [-0.39, 0.29) is 29.1 Å². The summed E-state index contributed by atoms with van der Waals surface area (Å²) in [6.07, 6.45) is 0.651. The van der Waals surface area contributed by atoms with E-state index in [1.807, 2.05) is 33.0 Å². The minimum atomic E-state index is -4.58. The van der Waals surface area contributed by atoms with Gasteiger partial charge in [-0.15, -0.1) is 0 Å². The lowest BCUT2D eigenvalue weighted by atomic mass is 9.92. The SMILES string of the molecule is CCC1CN(C(=O)Nc2cnc3c(N4CCN(C)CC4)ccc(C(F)(F)F)c3c2)Cc2cc(Oc3ncnc4[nH]c(C)cc34)cnc21. The van der Waals surface area contributed by atoms with Gasteiger partial charge in [0, 0.05) is 56.3 Å². The van der Waals surface area contributed by atoms with Crippen molar-refractivity contribution in [1.82, 2.24) is 34.7 Å². The molecule has 14 heteroatoms. The number of anilines is 2. The van der Waals surface area contributed by atoms with Crippen molar-refractivity contribution >= 4 is 39.3 Å². The molecule has 1 unspecified atom stereocenters. The highest BCUT2D eigenvalue weighted by Crippen LogP contribution is 2.39. The molecule has 0 radical (unpaired) electrons. The summed E-state index contributed by atoms with van der Waals surface area (Å²) >= 11 is 0. The maximum Gasteiger partial charge on any atom is 0.417 e. The van der Waals surface area contributed by atoms with Crippen LogP contribution < -0.4 is 15.0 Å². The van der Waals surface area contributed by atoms with Crippen molar-refractivity contribution in [2.24, 2.45) is 0 Å². The number of ether oxygens (including phenoxy) is 1. The Morgan fingerprint density at radius 2 is 1.85 bits per heavy atom. The van der Waals surface area contributed by atoms with Crippen LogP contribution in [0, 0.1) is 6.92 Å². The Morgan fingerprint density at radius 1 is 1.04 bits per heavy atom. The Hall–Kier alpha value is -4.98. The third-order valence-electron chi connectivity index (χ3n) is 8.91. The van der Waals surface area contributed by atoms with Gasteiger partial charge < -0.3 is 29.7 Å². The first-order chi connectivity index (χ1) is 22.6. The molecule has 2 aliphatic heterocycles. The van der Waals surface area contributed by atoms with E-state index in [9.17, 15) is 18.0 Å². The lowest BCUT2D eigenvalue weighted by Crippen LogP contribution is -2.44. The van der Waals surface area contributed by atoms with Crippen LogP contribution in [-0.4, -0.2) is 80.5 Å². The summed E-state index contributed by atoms with van der Waals surface area (Å²) in [6.45, 7) is 7.56. The number of alkyl halides is 3. The number of aromatic amines is 1. The fraction of sp³-hybridized carbons (Fsp3) is 0.364. The van der Waals surface area contributed by atoms with E-state index in [0.29, 0.717) is 42.6 Å². The number of nitrogens with zero attached hydrogens (tertiary/aromatic N) is 7. The molecule has 11 nitrogen and oxygen atoms in total. The zero-order valence-electron chi connectivity index (χ0n) is 26.2. The van der Waals surface area contributed by atoms with Gasteiger partial charge in [0.1, 0.15) is 17.7 Å². The second-order valence-electron chi connectivity index (χ2n) is 12.2. The summed E-state index contributed by atoms with van der Waals surface area (Å²) < 4.78 is 48.5. The Morgan fingerprint density at radius 3 is 2.62 bits per heavy atom. The highest BCUT2D eigenvalue weighted by Gasteiger charge is 2.34. The van der Waals surface area contributed by atoms with Crippen LogP contribution in [-0.2, 0) is 12.7 Å². The number of rotatable bonds is 5. The Balaban J connectivity index is 1.14. The van der Waals surface area contributed by atoms with Crippen LogP contribution in [0.5, 0.6) is 11.6 Å². The average molecular weight is 646 g/mol. The number of benzene rings is 1. The van der Waals surface area contributed by atoms with E-state index in [4.69, 9.17) is 9.72 Å². The molecule has 6 heterocycles. The monoisotopic (exact) mass is 645 g/mol. The van der Waals surface area contributed by atoms with Crippen LogP contribution in [0.3, 0.4) is 0 Å². The second-order valence-corrected chi connectivity index (χ2v) is 12.2. The average Bonchev–Trinajstić information content (AvgIpc) is 3.44. The zero-order chi connectivity index (χ0) is 32.9. The van der Waals surface area contributed by atoms with Gasteiger partial charge in [-0.2, -0.15) is 13.2 Å². The second kappa shape index (κ2) is 12.0. The van der Waals surface area contributed by atoms with Crippen LogP contribution in [0.25, 0.3) is 21.9 Å². The van der Waals surface area contributed by atoms with Gasteiger partial charge >= 0.3 is 12.2 Å². The molecule has 47 heavy (non-hydrogen) atoms. The van der Waals surface area contributed by atoms with Gasteiger partial charge in [-0.25, -0.2) is 14.8 Å². The number of hydrogen-bond donors (Lipinski definition) is 2. The molecule has 0 saturated carbocycles. The molecule has 4 aromatic heterocycles. The van der Waals surface area contributed by atoms with Crippen molar-refractivity contribution < 1.29 is 22.7 Å². The molecule has 1 fully saturated rings. The number of halogens is 3. The molecule has 1 saturated heterocycles. The van der Waals surface area contributed by atoms with E-state index in [1.54, 1.807) is 11.1 Å². The van der Waals surface area contributed by atoms with Crippen LogP contribution in [0.1, 0.15) is 41.8 Å². The van der Waals surface area contributed by atoms with Crippen LogP contribution in [0.15, 0.2) is 49.1 Å². The van der Waals surface area contributed by atoms with Crippen LogP contribution >= 0.6 is 0 Å². The number of amides is 2. The number of pyridine rings is 2. The fourth-order valence-corrected chi connectivity index (χ4v) is 6.42. The van der Waals surface area contributed by atoms with Crippen molar-refractivity contribution in [2.45, 2.75) is 38.9 Å². The van der Waals surface area contributed by atoms with E-state index in [2.05, 4.69) is 35.1 Å². The first kappa shape index (κ1) is 30.7. The number of H-pyrrole nitrogens is 1. The van der Waals surface area contributed by atoms with Gasteiger partial charge in [0.2, 0.25) is 5.88 Å². The number of likely N-dealkylation sites (N-methyl/N-ethyl adjacent to an activating group) is 1. The van der Waals surface area contributed by atoms with Gasteiger partial charge in [-0.3, -0.25) is 9.97 Å². The number of nitrogens with one attached hydrogen (secondary N) is 2. The summed E-state index contributed by atoms with van der Waals surface area (Å²) in [5.74, 6) is 0.819. The Bertz CT molecular complexity index is 1970. The predicted molar refractivity (Wildman–Crippen MR) is 172 cm³/mol. The number of fused-ring (bicyclic) bond motifs is 3. The first-order valence-corrected chi connectivity index (χ1v) is 15.5. The molecule has 1 atom stereocenters. The van der Waals surface area contributed by atoms with Crippen LogP contribution in [0.2, 0.25) is 0 Å². The molecule has 244 valence electrons. The highest BCUT2D eigenvalue weighted by atomic mass is 19.4. The predicted octanol–water partition coefficient (Wildman–Crippen LogP) is 6.31. The van der Waals surface area contributed by atoms with Gasteiger partial charge in [0.15, 0.2) is 0 Å². The summed E-state index contributed by atoms with van der Waals surface area (Å²) in [5, 5.41) is 3.49. The fourth-order valence-electron chi connectivity index (χ4n) is 6.42. The normalized spacial score (nSPS) is 17.3. The third-order valence-corrected chi connectivity index (χ3v) is 8.91. The lowest BCUT2D eigenvalue weighted by Gasteiger charge is -2.34. The number of carbonyl (C=O) groups is 1. The highest BCUT2D eigenvalue weighted by molar-refractivity contribution is 5.98. The summed E-state index contributed by atoms with van der Waals surface area (Å²) in [5.41, 5.74) is 3.59. The van der Waals surface area contributed by atoms with Crippen molar-refractivity contribution in [3.63, 3.8) is 0 Å². The molecule has 2 N–H and O–H groups in total. The molecule has 2 aliphatic rings. The summed E-state index contributed by atoms with van der Waals surface area (Å²) in [7, 11) is 2.02. The van der Waals surface area contributed by atoms with Crippen molar-refractivity contribution in [3.8, 4) is 11.6 Å². The number of aromatic nitrogens is 5. The number of hydrogen-bond acceptors (Lipinski definition) is 8. The largest absolute Gasteiger partial charge is 0.437 e. The molecule has 7 rings (SSSR count). The maximum absolute atomic E-state index is 14.1. The van der Waals surface area contributed by atoms with Crippen molar-refractivity contribution in [1.29, 1.82) is 0 Å². The summed E-state index contributed by atoms with van der Waals surface area (Å²) in [4.78, 5) is 40.3. The van der Waals surface area contributed by atoms with Gasteiger partial charge in [-0.1, -0.05) is 6.92 Å². The van der Waals surface area contributed by atoms with E-state index in [1.165, 1.54) is 24.7 Å². The summed E-state index contributed by atoms with van der Waals surface area (Å²) in [6, 6.07) is 7.29. The number of urea groups is 1. The number of carbonyl (C=O) groups excluding carboxylic acids is 1. The third kappa shape index (κ3) is 6.00. The molecule has 2 amide bonds. The lowest BCUT2D eigenvalue weighted by molar-refractivity contribution is -0.136. The molecule has 0 spiro atoms. The van der Waals surface area contributed by atoms with Crippen LogP contribution in [0.4, 0.5) is 29.3 Å². The number of piperazine rings is 1. The standard InChI is InChI=1S/C33H34F3N9O2/c1-4-20-16-45(17-21-12-23(15-38-28(20)21)47-31-25-11-19(2)41-30(25)39-18-40-31)32(46)42-22-13-24-26(33(34,35)36)5-6-27(29(24)37-14-22)44-9-7-43(3)8-10-44/h5-6,11-15,18,20H,4,7-10,16-17H2,1-3H3,(H,42,46)(H,39,40,41). The quantitative estimate of drug-likeness (QED) is 0.229. The van der Waals surface area contributed by atoms with Crippen molar-refractivity contribution in [3.05, 3.63) is 71.6 Å². The van der Waals surface area contributed by atoms with E-state index >= 15 is 0 Å². The molecule has 0 bridgehead atoms. The molecular weight excluding hydrogens is 611 g/mol. The molecular formula is C33H34F3N9O2. The topological polar surface area (TPSA) is 115 Å². The molecule has 0 aliphatic carbocycles. The van der Waals surface area contributed by atoms with E-state index < -0.39 is 17.8 Å². The minimum absolute atomic E-state index is 0.0330. The first-order valence-electron chi connectivity index (χ1n) is 15.5. The zero-order valence-corrected chi connectivity index (χ0v) is 26.2. The van der Waals surface area contributed by atoms with Gasteiger partial charge in [0.05, 0.1) is 45.9 Å². The number of aryl methyl sites for hydroxylation is 1. The molecule has 1 aromatic carbocycles. The maximum atomic E-state index is 14.1. The Labute approximate surface area is 268 Å². The van der Waals surface area contributed by atoms with E-state index in [0.717, 1.165) is 47.9 Å². The smallest absolute Gasteiger partial charge is 0.417 e. The van der Waals surface area contributed by atoms with Gasteiger partial charge in [-0.05, 0) is 56.3 Å². The minimum Gasteiger partial charge on any atom is -0.437 e. The Kier molecular flexibility index (Phi) is 7.82. The van der Waals surface area contributed by atoms with Crippen molar-refractivity contribution in [2.75, 3.05) is 50.0 Å². The van der Waals surface area contributed by atoms with Gasteiger partial charge in [0.25, 0.3) is 0 Å².